The summed E-state index contributed by atoms with van der Waals surface area (Å²) in [4.78, 5) is 34.8. The Labute approximate surface area is 155 Å². The van der Waals surface area contributed by atoms with E-state index in [-0.39, 0.29) is 12.5 Å². The normalized spacial score (nSPS) is 10.4. The molecule has 7 heteroatoms. The number of anilines is 1. The number of esters is 1. The summed E-state index contributed by atoms with van der Waals surface area (Å²) >= 11 is 5.80. The van der Waals surface area contributed by atoms with Gasteiger partial charge in [-0.05, 0) is 48.0 Å². The SMILES string of the molecule is COC(=O)CNC(=O)c1ccc(NC(=O)/C=C/c2ccc(Cl)cc2)cc1. The van der Waals surface area contributed by atoms with Crippen molar-refractivity contribution in [3.63, 3.8) is 0 Å². The van der Waals surface area contributed by atoms with Crippen molar-refractivity contribution >= 4 is 41.1 Å². The Hall–Kier alpha value is -3.12. The maximum Gasteiger partial charge on any atom is 0.325 e. The quantitative estimate of drug-likeness (QED) is 0.603. The summed E-state index contributed by atoms with van der Waals surface area (Å²) in [6.45, 7) is -0.205. The van der Waals surface area contributed by atoms with E-state index in [0.717, 1.165) is 5.56 Å². The average Bonchev–Trinajstić information content (AvgIpc) is 2.66. The van der Waals surface area contributed by atoms with Crippen LogP contribution >= 0.6 is 11.6 Å². The van der Waals surface area contributed by atoms with Gasteiger partial charge < -0.3 is 15.4 Å². The van der Waals surface area contributed by atoms with E-state index in [0.29, 0.717) is 16.3 Å². The molecule has 2 rings (SSSR count). The lowest BCUT2D eigenvalue weighted by atomic mass is 10.2. The molecule has 0 aliphatic rings. The van der Waals surface area contributed by atoms with Crippen molar-refractivity contribution in [2.45, 2.75) is 0 Å². The van der Waals surface area contributed by atoms with E-state index in [4.69, 9.17) is 11.6 Å². The molecule has 0 bridgehead atoms. The maximum atomic E-state index is 11.9. The number of carbonyl (C=O) groups is 3. The highest BCUT2D eigenvalue weighted by Gasteiger charge is 2.08. The van der Waals surface area contributed by atoms with Gasteiger partial charge in [-0.2, -0.15) is 0 Å². The van der Waals surface area contributed by atoms with Gasteiger partial charge in [-0.1, -0.05) is 23.7 Å². The van der Waals surface area contributed by atoms with Crippen molar-refractivity contribution in [3.05, 3.63) is 70.8 Å². The van der Waals surface area contributed by atoms with Crippen molar-refractivity contribution < 1.29 is 19.1 Å². The molecule has 0 heterocycles. The molecule has 2 amide bonds. The molecule has 134 valence electrons. The fourth-order valence-electron chi connectivity index (χ4n) is 1.96. The zero-order valence-corrected chi connectivity index (χ0v) is 14.7. The molecular formula is C19H17ClN2O4. The molecule has 2 N–H and O–H groups in total. The van der Waals surface area contributed by atoms with Gasteiger partial charge >= 0.3 is 5.97 Å². The minimum absolute atomic E-state index is 0.205. The highest BCUT2D eigenvalue weighted by molar-refractivity contribution is 6.30. The zero-order chi connectivity index (χ0) is 18.9. The van der Waals surface area contributed by atoms with Gasteiger partial charge in [0.1, 0.15) is 6.54 Å². The van der Waals surface area contributed by atoms with Crippen LogP contribution in [0.2, 0.25) is 5.02 Å². The monoisotopic (exact) mass is 372 g/mol. The van der Waals surface area contributed by atoms with Crippen LogP contribution in [0.25, 0.3) is 6.08 Å². The van der Waals surface area contributed by atoms with Crippen LogP contribution in [0.3, 0.4) is 0 Å². The second-order valence-corrected chi connectivity index (χ2v) is 5.65. The lowest BCUT2D eigenvalue weighted by Gasteiger charge is -2.06. The Bertz CT molecular complexity index is 814. The van der Waals surface area contributed by atoms with Gasteiger partial charge in [0.25, 0.3) is 5.91 Å². The summed E-state index contributed by atoms with van der Waals surface area (Å²) in [6.07, 6.45) is 3.07. The number of halogens is 1. The number of hydrogen-bond donors (Lipinski definition) is 2. The third kappa shape index (κ3) is 6.07. The molecule has 0 aliphatic heterocycles. The number of benzene rings is 2. The van der Waals surface area contributed by atoms with Gasteiger partial charge in [-0.15, -0.1) is 0 Å². The fourth-order valence-corrected chi connectivity index (χ4v) is 2.09. The van der Waals surface area contributed by atoms with Crippen LogP contribution in [0, 0.1) is 0 Å². The van der Waals surface area contributed by atoms with E-state index in [1.165, 1.54) is 13.2 Å². The van der Waals surface area contributed by atoms with Gasteiger partial charge in [0.2, 0.25) is 5.91 Å². The van der Waals surface area contributed by atoms with E-state index in [2.05, 4.69) is 15.4 Å². The lowest BCUT2D eigenvalue weighted by Crippen LogP contribution is -2.30. The number of methoxy groups -OCH3 is 1. The van der Waals surface area contributed by atoms with Crippen LogP contribution in [0.5, 0.6) is 0 Å². The first-order valence-electron chi connectivity index (χ1n) is 7.67. The molecule has 26 heavy (non-hydrogen) atoms. The predicted octanol–water partition coefficient (Wildman–Crippen LogP) is 2.89. The third-order valence-corrected chi connectivity index (χ3v) is 3.58. The summed E-state index contributed by atoms with van der Waals surface area (Å²) in [5, 5.41) is 5.75. The van der Waals surface area contributed by atoms with E-state index in [1.54, 1.807) is 54.6 Å². The summed E-state index contributed by atoms with van der Waals surface area (Å²) in [7, 11) is 1.24. The highest BCUT2D eigenvalue weighted by Crippen LogP contribution is 2.12. The van der Waals surface area contributed by atoms with Gasteiger partial charge in [0.15, 0.2) is 0 Å². The molecule has 2 aromatic carbocycles. The summed E-state index contributed by atoms with van der Waals surface area (Å²) in [6, 6.07) is 13.4. The van der Waals surface area contributed by atoms with Crippen molar-refractivity contribution in [2.75, 3.05) is 19.0 Å². The molecule has 0 spiro atoms. The molecule has 2 aromatic rings. The standard InChI is InChI=1S/C19H17ClN2O4/c1-26-18(24)12-21-19(25)14-5-9-16(10-6-14)22-17(23)11-4-13-2-7-15(20)8-3-13/h2-11H,12H2,1H3,(H,21,25)(H,22,23)/b11-4+. The van der Waals surface area contributed by atoms with Crippen LogP contribution in [0.15, 0.2) is 54.6 Å². The van der Waals surface area contributed by atoms with Gasteiger partial charge in [-0.3, -0.25) is 14.4 Å². The second kappa shape index (κ2) is 9.39. The Balaban J connectivity index is 1.89. The minimum atomic E-state index is -0.533. The number of hydrogen-bond acceptors (Lipinski definition) is 4. The number of amides is 2. The topological polar surface area (TPSA) is 84.5 Å². The molecule has 0 radical (unpaired) electrons. The summed E-state index contributed by atoms with van der Waals surface area (Å²) in [5.74, 6) is -1.24. The number of carbonyl (C=O) groups excluding carboxylic acids is 3. The van der Waals surface area contributed by atoms with Crippen LogP contribution < -0.4 is 10.6 Å². The van der Waals surface area contributed by atoms with Crippen LogP contribution in [0.1, 0.15) is 15.9 Å². The summed E-state index contributed by atoms with van der Waals surface area (Å²) < 4.78 is 4.45. The Kier molecular flexibility index (Phi) is 6.93. The first-order valence-corrected chi connectivity index (χ1v) is 8.05. The van der Waals surface area contributed by atoms with E-state index in [1.807, 2.05) is 0 Å². The van der Waals surface area contributed by atoms with E-state index < -0.39 is 11.9 Å². The largest absolute Gasteiger partial charge is 0.468 e. The van der Waals surface area contributed by atoms with Gasteiger partial charge in [-0.25, -0.2) is 0 Å². The van der Waals surface area contributed by atoms with Crippen molar-refractivity contribution in [1.29, 1.82) is 0 Å². The van der Waals surface area contributed by atoms with Crippen LogP contribution in [0.4, 0.5) is 5.69 Å². The molecule has 0 aliphatic carbocycles. The lowest BCUT2D eigenvalue weighted by molar-refractivity contribution is -0.139. The molecule has 0 unspecified atom stereocenters. The minimum Gasteiger partial charge on any atom is -0.468 e. The number of nitrogens with one attached hydrogen (secondary N) is 2. The zero-order valence-electron chi connectivity index (χ0n) is 14.0. The van der Waals surface area contributed by atoms with Gasteiger partial charge in [0.05, 0.1) is 7.11 Å². The van der Waals surface area contributed by atoms with Crippen LogP contribution in [-0.4, -0.2) is 31.4 Å². The van der Waals surface area contributed by atoms with E-state index >= 15 is 0 Å². The first kappa shape index (κ1) is 19.2. The van der Waals surface area contributed by atoms with Crippen molar-refractivity contribution in [1.82, 2.24) is 5.32 Å². The van der Waals surface area contributed by atoms with Crippen LogP contribution in [-0.2, 0) is 14.3 Å². The molecular weight excluding hydrogens is 356 g/mol. The average molecular weight is 373 g/mol. The molecule has 0 atom stereocenters. The molecule has 0 aromatic heterocycles. The maximum absolute atomic E-state index is 11.9. The second-order valence-electron chi connectivity index (χ2n) is 5.21. The fraction of sp³-hybridized carbons (Fsp3) is 0.105. The smallest absolute Gasteiger partial charge is 0.325 e. The van der Waals surface area contributed by atoms with Crippen molar-refractivity contribution in [3.8, 4) is 0 Å². The predicted molar refractivity (Wildman–Crippen MR) is 99.9 cm³/mol. The molecule has 6 nitrogen and oxygen atoms in total. The Morgan fingerprint density at radius 2 is 1.69 bits per heavy atom. The summed E-state index contributed by atoms with van der Waals surface area (Å²) in [5.41, 5.74) is 1.76. The first-order chi connectivity index (χ1) is 12.5. The number of ether oxygens (including phenoxy) is 1. The third-order valence-electron chi connectivity index (χ3n) is 3.33. The molecule has 0 saturated carbocycles. The van der Waals surface area contributed by atoms with E-state index in [9.17, 15) is 14.4 Å². The molecule has 0 fully saturated rings. The number of rotatable bonds is 6. The molecule has 0 saturated heterocycles. The van der Waals surface area contributed by atoms with Crippen molar-refractivity contribution in [2.24, 2.45) is 0 Å². The Morgan fingerprint density at radius 3 is 2.31 bits per heavy atom. The van der Waals surface area contributed by atoms with Gasteiger partial charge in [0, 0.05) is 22.3 Å². The Morgan fingerprint density at radius 1 is 1.04 bits per heavy atom. The highest BCUT2D eigenvalue weighted by atomic mass is 35.5.